The Bertz CT molecular complexity index is 388. The second kappa shape index (κ2) is 3.91. The maximum atomic E-state index is 10.8. The average Bonchev–Trinajstić information content (AvgIpc) is 2.16. The van der Waals surface area contributed by atoms with Crippen LogP contribution in [-0.4, -0.2) is 24.3 Å². The van der Waals surface area contributed by atoms with Crippen LogP contribution in [0.3, 0.4) is 0 Å². The predicted molar refractivity (Wildman–Crippen MR) is 60.7 cm³/mol. The van der Waals surface area contributed by atoms with Crippen molar-refractivity contribution in [2.75, 3.05) is 13.2 Å². The lowest BCUT2D eigenvalue weighted by atomic mass is 9.70. The first-order chi connectivity index (χ1) is 7.56. The van der Waals surface area contributed by atoms with E-state index in [1.165, 1.54) is 5.56 Å². The molecule has 0 atom stereocenters. The number of hydrogen-bond donors (Lipinski definition) is 1. The van der Waals surface area contributed by atoms with Crippen LogP contribution in [-0.2, 0) is 10.2 Å². The molecule has 0 unspecified atom stereocenters. The lowest BCUT2D eigenvalue weighted by Gasteiger charge is -2.45. The van der Waals surface area contributed by atoms with Gasteiger partial charge in [-0.25, -0.2) is 4.79 Å². The molecule has 16 heavy (non-hydrogen) atoms. The molecule has 1 aliphatic heterocycles. The zero-order chi connectivity index (χ0) is 11.8. The van der Waals surface area contributed by atoms with Crippen molar-refractivity contribution in [1.29, 1.82) is 0 Å². The molecule has 86 valence electrons. The maximum absolute atomic E-state index is 10.8. The molecule has 1 N–H and O–H groups in total. The predicted octanol–water partition coefficient (Wildman–Crippen LogP) is 2.31. The highest BCUT2D eigenvalue weighted by molar-refractivity contribution is 5.87. The number of hydrogen-bond acceptors (Lipinski definition) is 2. The number of carbonyl (C=O) groups is 1. The highest BCUT2D eigenvalue weighted by Crippen LogP contribution is 2.39. The zero-order valence-electron chi connectivity index (χ0n) is 9.56. The molecule has 0 bridgehead atoms. The summed E-state index contributed by atoms with van der Waals surface area (Å²) in [6.07, 6.45) is 0. The Balaban J connectivity index is 2.30. The van der Waals surface area contributed by atoms with Gasteiger partial charge in [-0.1, -0.05) is 26.0 Å². The third-order valence-corrected chi connectivity index (χ3v) is 3.53. The largest absolute Gasteiger partial charge is 0.478 e. The van der Waals surface area contributed by atoms with Gasteiger partial charge in [0.25, 0.3) is 0 Å². The monoisotopic (exact) mass is 220 g/mol. The van der Waals surface area contributed by atoms with E-state index >= 15 is 0 Å². The Morgan fingerprint density at radius 1 is 1.31 bits per heavy atom. The van der Waals surface area contributed by atoms with E-state index in [0.717, 1.165) is 13.2 Å². The Morgan fingerprint density at radius 3 is 2.19 bits per heavy atom. The number of ether oxygens (including phenoxy) is 1. The van der Waals surface area contributed by atoms with Crippen LogP contribution in [0.25, 0.3) is 0 Å². The molecule has 1 fully saturated rings. The van der Waals surface area contributed by atoms with Gasteiger partial charge in [0.15, 0.2) is 0 Å². The van der Waals surface area contributed by atoms with Crippen molar-refractivity contribution >= 4 is 5.97 Å². The highest BCUT2D eigenvalue weighted by Gasteiger charge is 2.42. The molecule has 1 saturated heterocycles. The average molecular weight is 220 g/mol. The van der Waals surface area contributed by atoms with Gasteiger partial charge in [0.05, 0.1) is 18.8 Å². The smallest absolute Gasteiger partial charge is 0.335 e. The normalized spacial score (nSPS) is 18.2. The fourth-order valence-electron chi connectivity index (χ4n) is 2.10. The maximum Gasteiger partial charge on any atom is 0.335 e. The number of carboxylic acid groups (broad SMARTS) is 1. The lowest BCUT2D eigenvalue weighted by molar-refractivity contribution is -0.0836. The third kappa shape index (κ3) is 1.61. The second-order valence-corrected chi connectivity index (χ2v) is 4.69. The quantitative estimate of drug-likeness (QED) is 0.850. The fraction of sp³-hybridized carbons (Fsp3) is 0.462. The van der Waals surface area contributed by atoms with Crippen molar-refractivity contribution in [3.05, 3.63) is 35.4 Å². The zero-order valence-corrected chi connectivity index (χ0v) is 9.56. The minimum Gasteiger partial charge on any atom is -0.478 e. The van der Waals surface area contributed by atoms with Gasteiger partial charge < -0.3 is 9.84 Å². The van der Waals surface area contributed by atoms with Crippen LogP contribution in [0.15, 0.2) is 24.3 Å². The van der Waals surface area contributed by atoms with Crippen LogP contribution in [0, 0.1) is 5.92 Å². The van der Waals surface area contributed by atoms with Gasteiger partial charge in [0, 0.05) is 5.41 Å². The summed E-state index contributed by atoms with van der Waals surface area (Å²) in [7, 11) is 0. The van der Waals surface area contributed by atoms with Crippen LogP contribution in [0.5, 0.6) is 0 Å². The van der Waals surface area contributed by atoms with E-state index in [1.807, 2.05) is 12.1 Å². The molecule has 3 nitrogen and oxygen atoms in total. The molecule has 0 spiro atoms. The summed E-state index contributed by atoms with van der Waals surface area (Å²) in [5.41, 5.74) is 1.60. The van der Waals surface area contributed by atoms with Gasteiger partial charge in [-0.15, -0.1) is 0 Å². The SMILES string of the molecule is CC(C)C1(c2ccc(C(=O)O)cc2)COC1. The Morgan fingerprint density at radius 2 is 1.88 bits per heavy atom. The molecule has 1 aromatic rings. The minimum atomic E-state index is -0.880. The molecular formula is C13H16O3. The minimum absolute atomic E-state index is 0.0804. The molecule has 0 radical (unpaired) electrons. The van der Waals surface area contributed by atoms with Crippen molar-refractivity contribution in [2.24, 2.45) is 5.92 Å². The molecule has 1 aromatic carbocycles. The van der Waals surface area contributed by atoms with E-state index in [1.54, 1.807) is 12.1 Å². The van der Waals surface area contributed by atoms with Crippen LogP contribution in [0.4, 0.5) is 0 Å². The van der Waals surface area contributed by atoms with E-state index in [2.05, 4.69) is 13.8 Å². The topological polar surface area (TPSA) is 46.5 Å². The third-order valence-electron chi connectivity index (χ3n) is 3.53. The first kappa shape index (κ1) is 11.1. The molecule has 0 aromatic heterocycles. The van der Waals surface area contributed by atoms with E-state index in [4.69, 9.17) is 9.84 Å². The standard InChI is InChI=1S/C13H16O3/c1-9(2)13(7-16-8-13)11-5-3-10(4-6-11)12(14)15/h3-6,9H,7-8H2,1-2H3,(H,14,15). The van der Waals surface area contributed by atoms with Crippen molar-refractivity contribution in [1.82, 2.24) is 0 Å². The van der Waals surface area contributed by atoms with Crippen LogP contribution >= 0.6 is 0 Å². The molecular weight excluding hydrogens is 204 g/mol. The van der Waals surface area contributed by atoms with E-state index in [0.29, 0.717) is 11.5 Å². The molecule has 3 heteroatoms. The number of carboxylic acids is 1. The lowest BCUT2D eigenvalue weighted by Crippen LogP contribution is -2.50. The molecule has 0 aliphatic carbocycles. The Kier molecular flexibility index (Phi) is 2.72. The number of benzene rings is 1. The first-order valence-electron chi connectivity index (χ1n) is 5.48. The van der Waals surface area contributed by atoms with E-state index in [-0.39, 0.29) is 5.41 Å². The second-order valence-electron chi connectivity index (χ2n) is 4.69. The number of rotatable bonds is 3. The van der Waals surface area contributed by atoms with Gasteiger partial charge in [0.2, 0.25) is 0 Å². The van der Waals surface area contributed by atoms with E-state index < -0.39 is 5.97 Å². The summed E-state index contributed by atoms with van der Waals surface area (Å²) in [5, 5.41) is 8.83. The molecule has 1 aliphatic rings. The summed E-state index contributed by atoms with van der Waals surface area (Å²) >= 11 is 0. The van der Waals surface area contributed by atoms with Crippen LogP contribution in [0.1, 0.15) is 29.8 Å². The highest BCUT2D eigenvalue weighted by atomic mass is 16.5. The summed E-state index contributed by atoms with van der Waals surface area (Å²) in [6.45, 7) is 5.81. The van der Waals surface area contributed by atoms with Crippen LogP contribution < -0.4 is 0 Å². The van der Waals surface area contributed by atoms with Gasteiger partial charge in [-0.05, 0) is 23.6 Å². The molecule has 2 rings (SSSR count). The van der Waals surface area contributed by atoms with Crippen LogP contribution in [0.2, 0.25) is 0 Å². The van der Waals surface area contributed by atoms with Crippen molar-refractivity contribution in [3.8, 4) is 0 Å². The summed E-state index contributed by atoms with van der Waals surface area (Å²) in [4.78, 5) is 10.8. The Labute approximate surface area is 95.0 Å². The first-order valence-corrected chi connectivity index (χ1v) is 5.48. The Hall–Kier alpha value is -1.35. The summed E-state index contributed by atoms with van der Waals surface area (Å²) in [5.74, 6) is -0.382. The van der Waals surface area contributed by atoms with Gasteiger partial charge in [0.1, 0.15) is 0 Å². The molecule has 1 heterocycles. The molecule has 0 amide bonds. The summed E-state index contributed by atoms with van der Waals surface area (Å²) in [6, 6.07) is 7.15. The van der Waals surface area contributed by atoms with Crippen molar-refractivity contribution in [3.63, 3.8) is 0 Å². The summed E-state index contributed by atoms with van der Waals surface area (Å²) < 4.78 is 5.32. The van der Waals surface area contributed by atoms with E-state index in [9.17, 15) is 4.79 Å². The van der Waals surface area contributed by atoms with Gasteiger partial charge in [-0.2, -0.15) is 0 Å². The molecule has 0 saturated carbocycles. The van der Waals surface area contributed by atoms with Gasteiger partial charge >= 0.3 is 5.97 Å². The number of aromatic carboxylic acids is 1. The van der Waals surface area contributed by atoms with Crippen molar-refractivity contribution in [2.45, 2.75) is 19.3 Å². The van der Waals surface area contributed by atoms with Crippen molar-refractivity contribution < 1.29 is 14.6 Å². The van der Waals surface area contributed by atoms with Gasteiger partial charge in [-0.3, -0.25) is 0 Å². The fourth-order valence-corrected chi connectivity index (χ4v) is 2.10.